The molecule has 0 unspecified atom stereocenters. The molecule has 118 valence electrons. The molecule has 3 nitrogen and oxygen atoms in total. The number of benzene rings is 2. The van der Waals surface area contributed by atoms with Crippen molar-refractivity contribution >= 4 is 47.4 Å². The predicted molar refractivity (Wildman–Crippen MR) is 108 cm³/mol. The molecule has 0 heterocycles. The maximum absolute atomic E-state index is 5.87. The molecule has 0 radical (unpaired) electrons. The highest BCUT2D eigenvalue weighted by molar-refractivity contribution is 14.0. The highest BCUT2D eigenvalue weighted by Gasteiger charge is 1.95. The van der Waals surface area contributed by atoms with Gasteiger partial charge in [-0.25, -0.2) is 0 Å². The lowest BCUT2D eigenvalue weighted by molar-refractivity contribution is 0.940. The van der Waals surface area contributed by atoms with Crippen LogP contribution in [0.1, 0.15) is 12.0 Å². The molecule has 5 heteroatoms. The molecule has 2 rings (SSSR count). The van der Waals surface area contributed by atoms with Gasteiger partial charge in [-0.2, -0.15) is 0 Å². The van der Waals surface area contributed by atoms with E-state index in [9.17, 15) is 0 Å². The number of aliphatic imine (C=N–C) groups is 1. The second kappa shape index (κ2) is 10.5. The zero-order valence-corrected chi connectivity index (χ0v) is 15.8. The van der Waals surface area contributed by atoms with Crippen LogP contribution >= 0.6 is 35.7 Å². The maximum Gasteiger partial charge on any atom is 0.193 e. The quantitative estimate of drug-likeness (QED) is 0.234. The minimum absolute atomic E-state index is 0. The summed E-state index contributed by atoms with van der Waals surface area (Å²) < 4.78 is 0. The Balaban J connectivity index is 0.00000242. The fourth-order valence-electron chi connectivity index (χ4n) is 1.80. The van der Waals surface area contributed by atoms with E-state index in [2.05, 4.69) is 41.5 Å². The van der Waals surface area contributed by atoms with E-state index in [1.807, 2.05) is 42.1 Å². The second-order valence-electron chi connectivity index (χ2n) is 4.77. The summed E-state index contributed by atoms with van der Waals surface area (Å²) in [6.45, 7) is 2.80. The Kier molecular flexibility index (Phi) is 9.00. The van der Waals surface area contributed by atoms with Crippen molar-refractivity contribution in [3.05, 3.63) is 60.2 Å². The molecule has 0 fully saturated rings. The number of aryl methyl sites for hydroxylation is 1. The molecule has 2 aromatic rings. The molecule has 0 atom stereocenters. The fourth-order valence-corrected chi connectivity index (χ4v) is 2.65. The SMILES string of the molecule is Cc1ccc(NC(N)=NCCCSc2ccccc2)cc1.I. The van der Waals surface area contributed by atoms with Crippen molar-refractivity contribution in [3.8, 4) is 0 Å². The molecule has 2 aromatic carbocycles. The summed E-state index contributed by atoms with van der Waals surface area (Å²) >= 11 is 1.85. The van der Waals surface area contributed by atoms with Gasteiger partial charge in [0.15, 0.2) is 5.96 Å². The zero-order chi connectivity index (χ0) is 14.9. The molecule has 3 N–H and O–H groups in total. The topological polar surface area (TPSA) is 50.4 Å². The van der Waals surface area contributed by atoms with Gasteiger partial charge < -0.3 is 11.1 Å². The summed E-state index contributed by atoms with van der Waals surface area (Å²) in [6.07, 6.45) is 1.01. The first kappa shape index (κ1) is 18.8. The van der Waals surface area contributed by atoms with E-state index in [0.29, 0.717) is 5.96 Å². The van der Waals surface area contributed by atoms with Gasteiger partial charge in [-0.3, -0.25) is 4.99 Å². The number of anilines is 1. The average Bonchev–Trinajstić information content (AvgIpc) is 2.50. The van der Waals surface area contributed by atoms with Crippen LogP contribution in [0.3, 0.4) is 0 Å². The predicted octanol–water partition coefficient (Wildman–Crippen LogP) is 4.52. The first-order valence-electron chi connectivity index (χ1n) is 7.05. The van der Waals surface area contributed by atoms with Crippen LogP contribution in [0.4, 0.5) is 5.69 Å². The van der Waals surface area contributed by atoms with E-state index in [-0.39, 0.29) is 24.0 Å². The van der Waals surface area contributed by atoms with Gasteiger partial charge in [0, 0.05) is 17.1 Å². The molecule has 0 aliphatic carbocycles. The van der Waals surface area contributed by atoms with Gasteiger partial charge in [0.05, 0.1) is 0 Å². The van der Waals surface area contributed by atoms with Gasteiger partial charge in [0.25, 0.3) is 0 Å². The van der Waals surface area contributed by atoms with Crippen molar-refractivity contribution in [1.82, 2.24) is 0 Å². The number of guanidine groups is 1. The summed E-state index contributed by atoms with van der Waals surface area (Å²) in [6, 6.07) is 18.5. The second-order valence-corrected chi connectivity index (χ2v) is 5.94. The van der Waals surface area contributed by atoms with Crippen LogP contribution < -0.4 is 11.1 Å². The van der Waals surface area contributed by atoms with Crippen LogP contribution in [0.2, 0.25) is 0 Å². The number of hydrogen-bond donors (Lipinski definition) is 2. The third-order valence-corrected chi connectivity index (χ3v) is 4.02. The number of thioether (sulfide) groups is 1. The highest BCUT2D eigenvalue weighted by atomic mass is 127. The largest absolute Gasteiger partial charge is 0.370 e. The molecule has 0 saturated heterocycles. The van der Waals surface area contributed by atoms with E-state index < -0.39 is 0 Å². The van der Waals surface area contributed by atoms with Crippen molar-refractivity contribution in [2.75, 3.05) is 17.6 Å². The number of halogens is 1. The van der Waals surface area contributed by atoms with Crippen LogP contribution in [-0.2, 0) is 0 Å². The third kappa shape index (κ3) is 7.17. The standard InChI is InChI=1S/C17H21N3S.HI/c1-14-8-10-15(11-9-14)20-17(18)19-12-5-13-21-16-6-3-2-4-7-16;/h2-4,6-11H,5,12-13H2,1H3,(H3,18,19,20);1H. The number of nitrogens with two attached hydrogens (primary N) is 1. The summed E-state index contributed by atoms with van der Waals surface area (Å²) in [7, 11) is 0. The van der Waals surface area contributed by atoms with Gasteiger partial charge in [0.2, 0.25) is 0 Å². The molecule has 0 aromatic heterocycles. The van der Waals surface area contributed by atoms with Crippen LogP contribution in [0.25, 0.3) is 0 Å². The normalized spacial score (nSPS) is 10.9. The minimum Gasteiger partial charge on any atom is -0.370 e. The molecular formula is C17H22IN3S. The summed E-state index contributed by atoms with van der Waals surface area (Å²) in [5, 5.41) is 3.10. The molecule has 0 saturated carbocycles. The Bertz CT molecular complexity index is 570. The smallest absolute Gasteiger partial charge is 0.193 e. The number of rotatable bonds is 6. The lowest BCUT2D eigenvalue weighted by Crippen LogP contribution is -2.22. The number of nitrogens with zero attached hydrogens (tertiary/aromatic N) is 1. The van der Waals surface area contributed by atoms with Gasteiger partial charge in [-0.15, -0.1) is 35.7 Å². The first-order valence-corrected chi connectivity index (χ1v) is 8.04. The van der Waals surface area contributed by atoms with E-state index in [0.717, 1.165) is 24.4 Å². The van der Waals surface area contributed by atoms with Crippen LogP contribution in [-0.4, -0.2) is 18.3 Å². The molecule has 0 bridgehead atoms. The lowest BCUT2D eigenvalue weighted by atomic mass is 10.2. The number of hydrogen-bond acceptors (Lipinski definition) is 2. The zero-order valence-electron chi connectivity index (χ0n) is 12.7. The van der Waals surface area contributed by atoms with Crippen LogP contribution in [0, 0.1) is 6.92 Å². The summed E-state index contributed by atoms with van der Waals surface area (Å²) in [4.78, 5) is 5.64. The van der Waals surface area contributed by atoms with Crippen LogP contribution in [0.5, 0.6) is 0 Å². The third-order valence-electron chi connectivity index (χ3n) is 2.92. The Morgan fingerprint density at radius 2 is 1.77 bits per heavy atom. The molecule has 22 heavy (non-hydrogen) atoms. The van der Waals surface area contributed by atoms with Crippen molar-refractivity contribution in [2.45, 2.75) is 18.2 Å². The van der Waals surface area contributed by atoms with Gasteiger partial charge in [-0.1, -0.05) is 35.9 Å². The van der Waals surface area contributed by atoms with Crippen LogP contribution in [0.15, 0.2) is 64.5 Å². The summed E-state index contributed by atoms with van der Waals surface area (Å²) in [5.41, 5.74) is 8.07. The molecule has 0 aliphatic heterocycles. The van der Waals surface area contributed by atoms with E-state index in [1.54, 1.807) is 0 Å². The Morgan fingerprint density at radius 1 is 1.09 bits per heavy atom. The lowest BCUT2D eigenvalue weighted by Gasteiger charge is -2.06. The van der Waals surface area contributed by atoms with E-state index >= 15 is 0 Å². The summed E-state index contributed by atoms with van der Waals surface area (Å²) in [5.74, 6) is 1.52. The maximum atomic E-state index is 5.87. The minimum atomic E-state index is 0. The monoisotopic (exact) mass is 427 g/mol. The molecular weight excluding hydrogens is 405 g/mol. The fraction of sp³-hybridized carbons (Fsp3) is 0.235. The molecule has 0 amide bonds. The van der Waals surface area contributed by atoms with Crippen molar-refractivity contribution in [2.24, 2.45) is 10.7 Å². The number of nitrogens with one attached hydrogen (secondary N) is 1. The Hall–Kier alpha value is -1.21. The van der Waals surface area contributed by atoms with Gasteiger partial charge >= 0.3 is 0 Å². The van der Waals surface area contributed by atoms with Crippen molar-refractivity contribution in [3.63, 3.8) is 0 Å². The van der Waals surface area contributed by atoms with Crippen molar-refractivity contribution in [1.29, 1.82) is 0 Å². The highest BCUT2D eigenvalue weighted by Crippen LogP contribution is 2.17. The van der Waals surface area contributed by atoms with E-state index in [1.165, 1.54) is 10.5 Å². The van der Waals surface area contributed by atoms with E-state index in [4.69, 9.17) is 5.73 Å². The first-order chi connectivity index (χ1) is 10.2. The molecule has 0 aliphatic rings. The average molecular weight is 427 g/mol. The Morgan fingerprint density at radius 3 is 2.45 bits per heavy atom. The molecule has 0 spiro atoms. The van der Waals surface area contributed by atoms with Gasteiger partial charge in [0.1, 0.15) is 0 Å². The Labute approximate surface area is 153 Å². The van der Waals surface area contributed by atoms with Gasteiger partial charge in [-0.05, 0) is 43.4 Å². The van der Waals surface area contributed by atoms with Crippen molar-refractivity contribution < 1.29 is 0 Å².